The van der Waals surface area contributed by atoms with Crippen LogP contribution in [-0.4, -0.2) is 27.9 Å². The summed E-state index contributed by atoms with van der Waals surface area (Å²) >= 11 is 0. The van der Waals surface area contributed by atoms with Crippen LogP contribution >= 0.6 is 0 Å². The Hall–Kier alpha value is -4.25. The Kier molecular flexibility index (Phi) is 7.71. The van der Waals surface area contributed by atoms with Gasteiger partial charge in [0.1, 0.15) is 17.2 Å². The van der Waals surface area contributed by atoms with E-state index < -0.39 is 5.97 Å². The molecule has 33 heavy (non-hydrogen) atoms. The summed E-state index contributed by atoms with van der Waals surface area (Å²) in [5, 5.41) is 28.0. The highest BCUT2D eigenvalue weighted by Crippen LogP contribution is 2.34. The quantitative estimate of drug-likeness (QED) is 0.314. The van der Waals surface area contributed by atoms with E-state index in [-0.39, 0.29) is 18.1 Å². The molecule has 168 valence electrons. The van der Waals surface area contributed by atoms with E-state index in [0.29, 0.717) is 5.75 Å². The number of rotatable bonds is 6. The van der Waals surface area contributed by atoms with Gasteiger partial charge < -0.3 is 20.1 Å². The molecule has 0 radical (unpaired) electrons. The van der Waals surface area contributed by atoms with Crippen molar-refractivity contribution in [2.45, 2.75) is 13.8 Å². The molecule has 0 aliphatic rings. The molecule has 0 aliphatic carbocycles. The average Bonchev–Trinajstić information content (AvgIpc) is 2.85. The molecular weight excluding hydrogens is 416 g/mol. The first-order valence-electron chi connectivity index (χ1n) is 10.7. The zero-order valence-electron chi connectivity index (χ0n) is 18.5. The maximum absolute atomic E-state index is 10.7. The van der Waals surface area contributed by atoms with Crippen LogP contribution in [0.2, 0.25) is 0 Å². The molecule has 0 atom stereocenters. The number of phenolic OH excluding ortho intramolecular Hbond substituents is 2. The molecule has 5 heteroatoms. The zero-order valence-corrected chi connectivity index (χ0v) is 18.5. The lowest BCUT2D eigenvalue weighted by atomic mass is 9.93. The van der Waals surface area contributed by atoms with E-state index in [9.17, 15) is 15.0 Å². The first kappa shape index (κ1) is 23.4. The highest BCUT2D eigenvalue weighted by molar-refractivity contribution is 5.81. The molecule has 0 unspecified atom stereocenters. The van der Waals surface area contributed by atoms with Crippen LogP contribution in [0.15, 0.2) is 91.0 Å². The van der Waals surface area contributed by atoms with Crippen molar-refractivity contribution in [1.29, 1.82) is 0 Å². The van der Waals surface area contributed by atoms with Gasteiger partial charge in [-0.25, -0.2) is 4.79 Å². The Balaban J connectivity index is 0.00000149. The summed E-state index contributed by atoms with van der Waals surface area (Å²) in [5.41, 5.74) is 5.79. The van der Waals surface area contributed by atoms with Crippen LogP contribution in [0.1, 0.15) is 13.8 Å². The molecule has 0 saturated heterocycles. The molecule has 0 spiro atoms. The third-order valence-electron chi connectivity index (χ3n) is 4.88. The smallest absolute Gasteiger partial charge is 0.341 e. The van der Waals surface area contributed by atoms with Gasteiger partial charge in [0.2, 0.25) is 0 Å². The van der Waals surface area contributed by atoms with Gasteiger partial charge in [-0.1, -0.05) is 50.2 Å². The second kappa shape index (κ2) is 10.9. The van der Waals surface area contributed by atoms with E-state index in [0.717, 1.165) is 33.4 Å². The van der Waals surface area contributed by atoms with Crippen LogP contribution in [0, 0.1) is 0 Å². The summed E-state index contributed by atoms with van der Waals surface area (Å²) in [7, 11) is 0. The molecule has 0 aliphatic heterocycles. The van der Waals surface area contributed by atoms with E-state index in [1.165, 1.54) is 0 Å². The van der Waals surface area contributed by atoms with Crippen molar-refractivity contribution >= 4 is 5.97 Å². The predicted molar refractivity (Wildman–Crippen MR) is 131 cm³/mol. The third kappa shape index (κ3) is 6.14. The fourth-order valence-corrected chi connectivity index (χ4v) is 3.32. The van der Waals surface area contributed by atoms with Gasteiger partial charge in [-0.2, -0.15) is 0 Å². The number of ether oxygens (including phenoxy) is 1. The Morgan fingerprint density at radius 3 is 1.27 bits per heavy atom. The van der Waals surface area contributed by atoms with E-state index in [2.05, 4.69) is 18.2 Å². The van der Waals surface area contributed by atoms with Crippen LogP contribution < -0.4 is 4.74 Å². The van der Waals surface area contributed by atoms with Crippen molar-refractivity contribution in [3.05, 3.63) is 91.0 Å². The number of carboxylic acid groups (broad SMARTS) is 1. The summed E-state index contributed by atoms with van der Waals surface area (Å²) in [6.45, 7) is 3.61. The topological polar surface area (TPSA) is 87.0 Å². The predicted octanol–water partition coefficient (Wildman–Crippen LogP) is 6.59. The van der Waals surface area contributed by atoms with Crippen LogP contribution in [0.4, 0.5) is 0 Å². The minimum absolute atomic E-state index is 0.204. The van der Waals surface area contributed by atoms with Gasteiger partial charge in [-0.3, -0.25) is 0 Å². The van der Waals surface area contributed by atoms with Crippen LogP contribution in [0.3, 0.4) is 0 Å². The summed E-state index contributed by atoms with van der Waals surface area (Å²) in [6.07, 6.45) is 0. The number of phenols is 2. The van der Waals surface area contributed by atoms with Crippen molar-refractivity contribution in [2.75, 3.05) is 6.61 Å². The first-order valence-corrected chi connectivity index (χ1v) is 10.7. The van der Waals surface area contributed by atoms with Gasteiger partial charge in [0.25, 0.3) is 0 Å². The van der Waals surface area contributed by atoms with Crippen LogP contribution in [0.25, 0.3) is 33.4 Å². The van der Waals surface area contributed by atoms with Gasteiger partial charge in [0, 0.05) is 0 Å². The standard InChI is InChI=1S/C26H20O5.C2H6/c27-23-7-1-17(2-8-23)20-13-21(18-3-9-24(28)10-4-18)15-22(14-20)19-5-11-25(12-6-19)31-16-26(29)30;1-2/h1-15,27-28H,16H2,(H,29,30);1-2H3. The molecule has 0 aromatic heterocycles. The number of carbonyl (C=O) groups is 1. The fourth-order valence-electron chi connectivity index (χ4n) is 3.32. The molecule has 4 rings (SSSR count). The zero-order chi connectivity index (χ0) is 23.8. The van der Waals surface area contributed by atoms with Crippen molar-refractivity contribution in [3.63, 3.8) is 0 Å². The van der Waals surface area contributed by atoms with Gasteiger partial charge >= 0.3 is 5.97 Å². The second-order valence-electron chi connectivity index (χ2n) is 7.10. The van der Waals surface area contributed by atoms with Gasteiger partial charge in [0.15, 0.2) is 6.61 Å². The molecule has 0 heterocycles. The normalized spacial score (nSPS) is 10.1. The number of carboxylic acids is 1. The first-order chi connectivity index (χ1) is 16.0. The lowest BCUT2D eigenvalue weighted by molar-refractivity contribution is -0.139. The lowest BCUT2D eigenvalue weighted by Crippen LogP contribution is -2.09. The molecule has 0 fully saturated rings. The summed E-state index contributed by atoms with van der Waals surface area (Å²) in [4.78, 5) is 10.7. The van der Waals surface area contributed by atoms with Crippen molar-refractivity contribution in [1.82, 2.24) is 0 Å². The maximum Gasteiger partial charge on any atom is 0.341 e. The number of hydrogen-bond donors (Lipinski definition) is 3. The lowest BCUT2D eigenvalue weighted by Gasteiger charge is -2.12. The third-order valence-corrected chi connectivity index (χ3v) is 4.88. The van der Waals surface area contributed by atoms with Gasteiger partial charge in [-0.15, -0.1) is 0 Å². The molecular formula is C28H26O5. The second-order valence-corrected chi connectivity index (χ2v) is 7.10. The molecule has 4 aromatic rings. The van der Waals surface area contributed by atoms with Crippen molar-refractivity contribution in [2.24, 2.45) is 0 Å². The highest BCUT2D eigenvalue weighted by atomic mass is 16.5. The van der Waals surface area contributed by atoms with Crippen molar-refractivity contribution in [3.8, 4) is 50.6 Å². The summed E-state index contributed by atoms with van der Waals surface area (Å²) in [5.74, 6) is -0.130. The largest absolute Gasteiger partial charge is 0.508 e. The number of aromatic hydroxyl groups is 2. The van der Waals surface area contributed by atoms with E-state index in [1.54, 1.807) is 36.4 Å². The Morgan fingerprint density at radius 1 is 0.606 bits per heavy atom. The minimum Gasteiger partial charge on any atom is -0.508 e. The summed E-state index contributed by atoms with van der Waals surface area (Å²) in [6, 6.07) is 27.5. The number of hydrogen-bond acceptors (Lipinski definition) is 4. The summed E-state index contributed by atoms with van der Waals surface area (Å²) < 4.78 is 5.22. The SMILES string of the molecule is CC.O=C(O)COc1ccc(-c2cc(-c3ccc(O)cc3)cc(-c3ccc(O)cc3)c2)cc1. The molecule has 4 aromatic carbocycles. The van der Waals surface area contributed by atoms with Gasteiger partial charge in [0.05, 0.1) is 0 Å². The molecule has 0 bridgehead atoms. The van der Waals surface area contributed by atoms with E-state index in [4.69, 9.17) is 9.84 Å². The molecule has 3 N–H and O–H groups in total. The van der Waals surface area contributed by atoms with E-state index in [1.807, 2.05) is 50.2 Å². The highest BCUT2D eigenvalue weighted by Gasteiger charge is 2.09. The van der Waals surface area contributed by atoms with Crippen LogP contribution in [-0.2, 0) is 4.79 Å². The number of benzene rings is 4. The Morgan fingerprint density at radius 2 is 0.939 bits per heavy atom. The van der Waals surface area contributed by atoms with Crippen LogP contribution in [0.5, 0.6) is 17.2 Å². The monoisotopic (exact) mass is 442 g/mol. The Labute approximate surface area is 193 Å². The Bertz CT molecular complexity index is 1130. The van der Waals surface area contributed by atoms with Crippen molar-refractivity contribution < 1.29 is 24.9 Å². The van der Waals surface area contributed by atoms with E-state index >= 15 is 0 Å². The molecule has 0 saturated carbocycles. The molecule has 5 nitrogen and oxygen atoms in total. The average molecular weight is 443 g/mol. The minimum atomic E-state index is -1.02. The van der Waals surface area contributed by atoms with Gasteiger partial charge in [-0.05, 0) is 88.0 Å². The molecule has 0 amide bonds. The fraction of sp³-hybridized carbons (Fsp3) is 0.107. The maximum atomic E-state index is 10.7. The number of aliphatic carboxylic acids is 1.